The maximum atomic E-state index is 12.3. The molecule has 0 spiro atoms. The van der Waals surface area contributed by atoms with Gasteiger partial charge in [-0.15, -0.1) is 0 Å². The van der Waals surface area contributed by atoms with E-state index in [1.807, 2.05) is 25.1 Å². The lowest BCUT2D eigenvalue weighted by Crippen LogP contribution is -2.48. The molecule has 1 aromatic heterocycles. The van der Waals surface area contributed by atoms with Crippen molar-refractivity contribution < 1.29 is 17.9 Å². The van der Waals surface area contributed by atoms with Crippen molar-refractivity contribution >= 4 is 42.4 Å². The number of carbonyl (C=O) groups excluding carboxylic acids is 1. The summed E-state index contributed by atoms with van der Waals surface area (Å²) in [5.41, 5.74) is 0.989. The van der Waals surface area contributed by atoms with E-state index in [-0.39, 0.29) is 23.0 Å². The van der Waals surface area contributed by atoms with Gasteiger partial charge in [-0.2, -0.15) is 0 Å². The summed E-state index contributed by atoms with van der Waals surface area (Å²) in [6.45, 7) is 7.39. The van der Waals surface area contributed by atoms with E-state index in [0.29, 0.717) is 13.2 Å². The highest BCUT2D eigenvalue weighted by atomic mass is 32.2. The summed E-state index contributed by atoms with van der Waals surface area (Å²) in [5, 5.41) is 3.87. The Bertz CT molecular complexity index is 1210. The number of benzene rings is 2. The molecule has 34 heavy (non-hydrogen) atoms. The zero-order valence-corrected chi connectivity index (χ0v) is 20.9. The highest BCUT2D eigenvalue weighted by Gasteiger charge is 2.20. The van der Waals surface area contributed by atoms with E-state index in [1.165, 1.54) is 0 Å². The Labute approximate surface area is 204 Å². The van der Waals surface area contributed by atoms with Gasteiger partial charge in [0.05, 0.1) is 27.5 Å². The van der Waals surface area contributed by atoms with Crippen LogP contribution in [0.15, 0.2) is 53.4 Å². The zero-order valence-electron chi connectivity index (χ0n) is 19.3. The summed E-state index contributed by atoms with van der Waals surface area (Å²) in [6.07, 6.45) is -0.0341. The molecule has 2 aromatic carbocycles. The number of rotatable bonds is 10. The first-order valence-electron chi connectivity index (χ1n) is 11.5. The summed E-state index contributed by atoms with van der Waals surface area (Å²) >= 11 is 1.68. The number of fused-ring (bicyclic) bond motifs is 1. The molecule has 10 heteroatoms. The second-order valence-corrected chi connectivity index (χ2v) is 11.2. The SMILES string of the molecule is CCOc1ccc2nc(N3CCN(CCNC(=O)CCS(=O)(=O)c4ccccc4)CC3)sc2c1. The van der Waals surface area contributed by atoms with Gasteiger partial charge in [-0.1, -0.05) is 29.5 Å². The molecule has 8 nitrogen and oxygen atoms in total. The number of amides is 1. The fraction of sp³-hybridized carbons (Fsp3) is 0.417. The molecule has 1 amide bonds. The number of hydrogen-bond acceptors (Lipinski definition) is 8. The molecule has 0 atom stereocenters. The van der Waals surface area contributed by atoms with Gasteiger partial charge in [0, 0.05) is 45.7 Å². The number of nitrogens with zero attached hydrogens (tertiary/aromatic N) is 3. The molecular formula is C24H30N4O4S2. The van der Waals surface area contributed by atoms with Gasteiger partial charge < -0.3 is 15.0 Å². The van der Waals surface area contributed by atoms with Crippen LogP contribution in [0.4, 0.5) is 5.13 Å². The van der Waals surface area contributed by atoms with Gasteiger partial charge in [0.15, 0.2) is 15.0 Å². The monoisotopic (exact) mass is 502 g/mol. The van der Waals surface area contributed by atoms with E-state index in [9.17, 15) is 13.2 Å². The molecule has 1 fully saturated rings. The highest BCUT2D eigenvalue weighted by Crippen LogP contribution is 2.31. The first-order chi connectivity index (χ1) is 16.4. The number of nitrogens with one attached hydrogen (secondary N) is 1. The van der Waals surface area contributed by atoms with E-state index in [0.717, 1.165) is 53.8 Å². The summed E-state index contributed by atoms with van der Waals surface area (Å²) in [4.78, 5) is 21.8. The van der Waals surface area contributed by atoms with E-state index >= 15 is 0 Å². The van der Waals surface area contributed by atoms with Gasteiger partial charge in [0.1, 0.15) is 5.75 Å². The van der Waals surface area contributed by atoms with Crippen molar-refractivity contribution in [1.29, 1.82) is 0 Å². The van der Waals surface area contributed by atoms with Crippen molar-refractivity contribution in [2.75, 3.05) is 56.5 Å². The summed E-state index contributed by atoms with van der Waals surface area (Å²) < 4.78 is 31.3. The molecule has 0 saturated carbocycles. The minimum absolute atomic E-state index is 0.0341. The van der Waals surface area contributed by atoms with Crippen LogP contribution < -0.4 is 15.0 Å². The normalized spacial score (nSPS) is 14.9. The van der Waals surface area contributed by atoms with Gasteiger partial charge in [-0.25, -0.2) is 13.4 Å². The lowest BCUT2D eigenvalue weighted by molar-refractivity contribution is -0.120. The van der Waals surface area contributed by atoms with E-state index in [2.05, 4.69) is 15.1 Å². The first-order valence-corrected chi connectivity index (χ1v) is 14.0. The third kappa shape index (κ3) is 6.25. The summed E-state index contributed by atoms with van der Waals surface area (Å²) in [5.74, 6) is 0.448. The zero-order chi connectivity index (χ0) is 24.0. The van der Waals surface area contributed by atoms with E-state index in [1.54, 1.807) is 41.7 Å². The number of carbonyl (C=O) groups is 1. The van der Waals surface area contributed by atoms with Crippen LogP contribution in [0.5, 0.6) is 5.75 Å². The first kappa shape index (κ1) is 24.4. The largest absolute Gasteiger partial charge is 0.494 e. The molecule has 1 N–H and O–H groups in total. The van der Waals surface area contributed by atoms with Crippen LogP contribution in [0.25, 0.3) is 10.2 Å². The van der Waals surface area contributed by atoms with Crippen molar-refractivity contribution in [1.82, 2.24) is 15.2 Å². The minimum Gasteiger partial charge on any atom is -0.494 e. The van der Waals surface area contributed by atoms with Crippen molar-refractivity contribution in [3.63, 3.8) is 0 Å². The minimum atomic E-state index is -3.44. The smallest absolute Gasteiger partial charge is 0.221 e. The van der Waals surface area contributed by atoms with Crippen LogP contribution in [-0.4, -0.2) is 75.8 Å². The second kappa shape index (κ2) is 11.2. The molecule has 0 aliphatic carbocycles. The molecule has 1 saturated heterocycles. The van der Waals surface area contributed by atoms with Crippen LogP contribution in [-0.2, 0) is 14.6 Å². The van der Waals surface area contributed by atoms with Crippen LogP contribution in [0, 0.1) is 0 Å². The molecule has 0 unspecified atom stereocenters. The van der Waals surface area contributed by atoms with Crippen molar-refractivity contribution in [3.8, 4) is 5.75 Å². The Balaban J connectivity index is 1.18. The number of aromatic nitrogens is 1. The average Bonchev–Trinajstić information content (AvgIpc) is 3.28. The molecular weight excluding hydrogens is 472 g/mol. The molecule has 1 aliphatic heterocycles. The van der Waals surface area contributed by atoms with Crippen LogP contribution >= 0.6 is 11.3 Å². The maximum Gasteiger partial charge on any atom is 0.221 e. The summed E-state index contributed by atoms with van der Waals surface area (Å²) in [6, 6.07) is 14.2. The average molecular weight is 503 g/mol. The Hall–Kier alpha value is -2.69. The van der Waals surface area contributed by atoms with E-state index < -0.39 is 9.84 Å². The van der Waals surface area contributed by atoms with Crippen LogP contribution in [0.2, 0.25) is 0 Å². The second-order valence-electron chi connectivity index (χ2n) is 8.12. The molecule has 4 rings (SSSR count). The molecule has 0 radical (unpaired) electrons. The van der Waals surface area contributed by atoms with Crippen LogP contribution in [0.1, 0.15) is 13.3 Å². The standard InChI is InChI=1S/C24H30N4O4S2/c1-2-32-19-8-9-21-22(18-19)33-24(26-21)28-15-13-27(14-16-28)12-11-25-23(29)10-17-34(30,31)20-6-4-3-5-7-20/h3-9,18H,2,10-17H2,1H3,(H,25,29). The molecule has 182 valence electrons. The Kier molecular flexibility index (Phi) is 8.02. The van der Waals surface area contributed by atoms with Crippen molar-refractivity contribution in [2.24, 2.45) is 0 Å². The fourth-order valence-electron chi connectivity index (χ4n) is 3.86. The molecule has 1 aliphatic rings. The molecule has 3 aromatic rings. The van der Waals surface area contributed by atoms with Gasteiger partial charge in [-0.3, -0.25) is 9.69 Å². The quantitative estimate of drug-likeness (QED) is 0.456. The van der Waals surface area contributed by atoms with Gasteiger partial charge >= 0.3 is 0 Å². The Morgan fingerprint density at radius 3 is 2.62 bits per heavy atom. The Morgan fingerprint density at radius 1 is 1.12 bits per heavy atom. The number of anilines is 1. The number of thiazole rings is 1. The fourth-order valence-corrected chi connectivity index (χ4v) is 6.17. The lowest BCUT2D eigenvalue weighted by atomic mass is 10.3. The predicted molar refractivity (Wildman–Crippen MR) is 136 cm³/mol. The van der Waals surface area contributed by atoms with E-state index in [4.69, 9.17) is 9.72 Å². The number of sulfone groups is 1. The van der Waals surface area contributed by atoms with Gasteiger partial charge in [0.25, 0.3) is 0 Å². The third-order valence-corrected chi connectivity index (χ3v) is 8.56. The number of piperazine rings is 1. The lowest BCUT2D eigenvalue weighted by Gasteiger charge is -2.34. The van der Waals surface area contributed by atoms with Crippen molar-refractivity contribution in [2.45, 2.75) is 18.2 Å². The molecule has 2 heterocycles. The topological polar surface area (TPSA) is 91.8 Å². The third-order valence-electron chi connectivity index (χ3n) is 5.75. The maximum absolute atomic E-state index is 12.3. The number of ether oxygens (including phenoxy) is 1. The van der Waals surface area contributed by atoms with Crippen LogP contribution in [0.3, 0.4) is 0 Å². The molecule has 0 bridgehead atoms. The highest BCUT2D eigenvalue weighted by molar-refractivity contribution is 7.91. The van der Waals surface area contributed by atoms with Crippen molar-refractivity contribution in [3.05, 3.63) is 48.5 Å². The Morgan fingerprint density at radius 2 is 1.88 bits per heavy atom. The predicted octanol–water partition coefficient (Wildman–Crippen LogP) is 2.80. The van der Waals surface area contributed by atoms with Gasteiger partial charge in [0.2, 0.25) is 5.91 Å². The van der Waals surface area contributed by atoms with Gasteiger partial charge in [-0.05, 0) is 37.3 Å². The summed E-state index contributed by atoms with van der Waals surface area (Å²) in [7, 11) is -3.44. The number of hydrogen-bond donors (Lipinski definition) is 1.